The van der Waals surface area contributed by atoms with Gasteiger partial charge in [-0.2, -0.15) is 0 Å². The first kappa shape index (κ1) is 13.0. The van der Waals surface area contributed by atoms with Crippen LogP contribution < -0.4 is 10.9 Å². The number of furan rings is 1. The third kappa shape index (κ3) is 2.69. The summed E-state index contributed by atoms with van der Waals surface area (Å²) in [6.07, 6.45) is 1.55. The summed E-state index contributed by atoms with van der Waals surface area (Å²) >= 11 is 1.27. The molecule has 1 aromatic heterocycles. The van der Waals surface area contributed by atoms with Crippen molar-refractivity contribution in [1.29, 1.82) is 0 Å². The van der Waals surface area contributed by atoms with E-state index in [-0.39, 0.29) is 4.90 Å². The Morgan fingerprint density at radius 1 is 1.22 bits per heavy atom. The molecule has 0 saturated carbocycles. The van der Waals surface area contributed by atoms with Crippen LogP contribution in [0, 0.1) is 6.92 Å². The van der Waals surface area contributed by atoms with Gasteiger partial charge >= 0.3 is 0 Å². The van der Waals surface area contributed by atoms with Crippen LogP contribution in [0.15, 0.2) is 49.6 Å². The number of nitrogens with two attached hydrogens (primary N) is 2. The van der Waals surface area contributed by atoms with Crippen molar-refractivity contribution in [3.05, 3.63) is 36.3 Å². The van der Waals surface area contributed by atoms with E-state index in [0.717, 1.165) is 10.7 Å². The molecule has 0 aliphatic heterocycles. The van der Waals surface area contributed by atoms with Crippen molar-refractivity contribution in [2.45, 2.75) is 21.6 Å². The summed E-state index contributed by atoms with van der Waals surface area (Å²) in [4.78, 5) is 1.38. The predicted octanol–water partition coefficient (Wildman–Crippen LogP) is 1.97. The van der Waals surface area contributed by atoms with Crippen molar-refractivity contribution in [3.63, 3.8) is 0 Å². The van der Waals surface area contributed by atoms with Gasteiger partial charge in [0.05, 0.1) is 16.1 Å². The van der Waals surface area contributed by atoms with Crippen molar-refractivity contribution in [2.24, 2.45) is 5.14 Å². The van der Waals surface area contributed by atoms with E-state index in [1.165, 1.54) is 17.8 Å². The van der Waals surface area contributed by atoms with Crippen LogP contribution in [0.1, 0.15) is 5.76 Å². The SMILES string of the molecule is Cc1occc1Sc1ccc(N)cc1S(N)(=O)=O. The molecule has 0 spiro atoms. The molecule has 5 nitrogen and oxygen atoms in total. The molecule has 0 bridgehead atoms. The normalized spacial score (nSPS) is 11.7. The Hall–Kier alpha value is -1.44. The highest BCUT2D eigenvalue weighted by molar-refractivity contribution is 8.00. The van der Waals surface area contributed by atoms with Gasteiger partial charge in [-0.1, -0.05) is 11.8 Å². The van der Waals surface area contributed by atoms with Crippen LogP contribution in [0.4, 0.5) is 5.69 Å². The summed E-state index contributed by atoms with van der Waals surface area (Å²) in [6.45, 7) is 1.80. The van der Waals surface area contributed by atoms with Gasteiger partial charge in [0.1, 0.15) is 5.76 Å². The summed E-state index contributed by atoms with van der Waals surface area (Å²) in [6, 6.07) is 6.38. The second-order valence-electron chi connectivity index (χ2n) is 3.69. The van der Waals surface area contributed by atoms with Gasteiger partial charge in [-0.05, 0) is 31.2 Å². The number of rotatable bonds is 3. The first-order chi connectivity index (χ1) is 8.38. The minimum atomic E-state index is -3.80. The molecular weight excluding hydrogens is 272 g/mol. The van der Waals surface area contributed by atoms with Crippen molar-refractivity contribution in [3.8, 4) is 0 Å². The Bertz CT molecular complexity index is 677. The maximum Gasteiger partial charge on any atom is 0.239 e. The van der Waals surface area contributed by atoms with E-state index in [4.69, 9.17) is 15.3 Å². The van der Waals surface area contributed by atoms with Crippen LogP contribution in [0.3, 0.4) is 0 Å². The fourth-order valence-corrected chi connectivity index (χ4v) is 3.40. The molecule has 0 aliphatic carbocycles. The predicted molar refractivity (Wildman–Crippen MR) is 69.8 cm³/mol. The van der Waals surface area contributed by atoms with Gasteiger partial charge in [0.15, 0.2) is 0 Å². The van der Waals surface area contributed by atoms with Crippen LogP contribution >= 0.6 is 11.8 Å². The highest BCUT2D eigenvalue weighted by Gasteiger charge is 2.16. The topological polar surface area (TPSA) is 99.3 Å². The molecule has 4 N–H and O–H groups in total. The second kappa shape index (κ2) is 4.68. The van der Waals surface area contributed by atoms with Gasteiger partial charge in [0.2, 0.25) is 10.0 Å². The fourth-order valence-electron chi connectivity index (χ4n) is 1.43. The third-order valence-electron chi connectivity index (χ3n) is 2.31. The van der Waals surface area contributed by atoms with E-state index in [1.807, 2.05) is 0 Å². The first-order valence-electron chi connectivity index (χ1n) is 5.02. The van der Waals surface area contributed by atoms with E-state index < -0.39 is 10.0 Å². The molecule has 0 saturated heterocycles. The number of primary sulfonamides is 1. The lowest BCUT2D eigenvalue weighted by Crippen LogP contribution is -2.13. The molecule has 18 heavy (non-hydrogen) atoms. The van der Waals surface area contributed by atoms with E-state index in [2.05, 4.69) is 0 Å². The number of anilines is 1. The quantitative estimate of drug-likeness (QED) is 0.839. The zero-order valence-electron chi connectivity index (χ0n) is 9.58. The molecule has 2 aromatic rings. The van der Waals surface area contributed by atoms with Gasteiger partial charge in [-0.3, -0.25) is 0 Å². The Morgan fingerprint density at radius 2 is 1.94 bits per heavy atom. The van der Waals surface area contributed by atoms with Crippen LogP contribution in [0.5, 0.6) is 0 Å². The third-order valence-corrected chi connectivity index (χ3v) is 4.60. The maximum absolute atomic E-state index is 11.5. The second-order valence-corrected chi connectivity index (χ2v) is 6.31. The molecule has 2 rings (SSSR count). The molecule has 0 unspecified atom stereocenters. The van der Waals surface area contributed by atoms with Crippen molar-refractivity contribution in [1.82, 2.24) is 0 Å². The molecule has 1 aromatic carbocycles. The Morgan fingerprint density at radius 3 is 2.50 bits per heavy atom. The Balaban J connectivity index is 2.49. The molecule has 0 atom stereocenters. The van der Waals surface area contributed by atoms with E-state index in [9.17, 15) is 8.42 Å². The zero-order valence-corrected chi connectivity index (χ0v) is 11.2. The first-order valence-corrected chi connectivity index (χ1v) is 7.38. The van der Waals surface area contributed by atoms with E-state index >= 15 is 0 Å². The molecule has 0 amide bonds. The highest BCUT2D eigenvalue weighted by Crippen LogP contribution is 2.35. The molecule has 96 valence electrons. The zero-order chi connectivity index (χ0) is 13.3. The average Bonchev–Trinajstić information content (AvgIpc) is 2.66. The van der Waals surface area contributed by atoms with Gasteiger partial charge in [-0.25, -0.2) is 13.6 Å². The number of aryl methyl sites for hydroxylation is 1. The fraction of sp³-hybridized carbons (Fsp3) is 0.0909. The van der Waals surface area contributed by atoms with Crippen molar-refractivity contribution in [2.75, 3.05) is 5.73 Å². The minimum absolute atomic E-state index is 0.0214. The lowest BCUT2D eigenvalue weighted by atomic mass is 10.3. The summed E-state index contributed by atoms with van der Waals surface area (Å²) in [7, 11) is -3.80. The lowest BCUT2D eigenvalue weighted by molar-refractivity contribution is 0.527. The highest BCUT2D eigenvalue weighted by atomic mass is 32.2. The summed E-state index contributed by atoms with van der Waals surface area (Å²) < 4.78 is 28.2. The number of hydrogen-bond donors (Lipinski definition) is 2. The molecule has 0 radical (unpaired) electrons. The number of sulfonamides is 1. The molecule has 0 aliphatic rings. The summed E-state index contributed by atoms with van der Waals surface area (Å²) in [5, 5.41) is 5.17. The van der Waals surface area contributed by atoms with Crippen molar-refractivity contribution >= 4 is 27.5 Å². The monoisotopic (exact) mass is 284 g/mol. The largest absolute Gasteiger partial charge is 0.468 e. The average molecular weight is 284 g/mol. The smallest absolute Gasteiger partial charge is 0.239 e. The van der Waals surface area contributed by atoms with Crippen LogP contribution in [0.25, 0.3) is 0 Å². The van der Waals surface area contributed by atoms with Crippen LogP contribution in [0.2, 0.25) is 0 Å². The molecule has 1 heterocycles. The van der Waals surface area contributed by atoms with E-state index in [1.54, 1.807) is 31.4 Å². The van der Waals surface area contributed by atoms with Gasteiger partial charge < -0.3 is 10.2 Å². The van der Waals surface area contributed by atoms with Gasteiger partial charge in [0.25, 0.3) is 0 Å². The molecule has 7 heteroatoms. The van der Waals surface area contributed by atoms with E-state index in [0.29, 0.717) is 10.6 Å². The van der Waals surface area contributed by atoms with Gasteiger partial charge in [-0.15, -0.1) is 0 Å². The standard InChI is InChI=1S/C11H12N2O3S2/c1-7-9(4-5-16-7)17-10-3-2-8(12)6-11(10)18(13,14)15/h2-6H,12H2,1H3,(H2,13,14,15). The summed E-state index contributed by atoms with van der Waals surface area (Å²) in [5.41, 5.74) is 5.93. The summed E-state index contributed by atoms with van der Waals surface area (Å²) in [5.74, 6) is 0.720. The van der Waals surface area contributed by atoms with Crippen LogP contribution in [-0.4, -0.2) is 8.42 Å². The molecule has 0 fully saturated rings. The maximum atomic E-state index is 11.5. The minimum Gasteiger partial charge on any atom is -0.468 e. The number of hydrogen-bond acceptors (Lipinski definition) is 5. The molecular formula is C11H12N2O3S2. The Kier molecular flexibility index (Phi) is 3.38. The number of nitrogen functional groups attached to an aromatic ring is 1. The van der Waals surface area contributed by atoms with Crippen molar-refractivity contribution < 1.29 is 12.8 Å². The van der Waals surface area contributed by atoms with Crippen LogP contribution in [-0.2, 0) is 10.0 Å². The van der Waals surface area contributed by atoms with Gasteiger partial charge in [0, 0.05) is 10.6 Å². The number of benzene rings is 1. The lowest BCUT2D eigenvalue weighted by Gasteiger charge is -2.07. The Labute approximate surface area is 109 Å².